The minimum atomic E-state index is -1.29. The molecule has 5 heterocycles. The molecule has 0 atom stereocenters. The maximum Gasteiger partial charge on any atom is 0.307 e. The van der Waals surface area contributed by atoms with Crippen LogP contribution in [-0.4, -0.2) is 97.5 Å². The van der Waals surface area contributed by atoms with E-state index in [2.05, 4.69) is 9.97 Å². The number of aryl methyl sites for hydroxylation is 2. The minimum absolute atomic E-state index is 0. The number of rotatable bonds is 18. The van der Waals surface area contributed by atoms with E-state index in [0.717, 1.165) is 0 Å². The van der Waals surface area contributed by atoms with Gasteiger partial charge in [0.25, 0.3) is 0 Å². The standard InChI is InChI=1S/C39H38N4O14.2ClH/c1-17-18(2-6-33(44)45)26-14-31-23(11-38(54)55)21(5-9-36(50)51)29(43-31)16-32-24(12-39(56)57)20(4-8-35(48)49)28(42-32)15-27-19(3-7-34(46)47)22(10-37(52)53)30(41-27)13-25(17)40-26;;/h13-16,41-42H,2-12H2,1H3,(H,44,45)(H,46,47)(H,48,49)(H,50,51)(H,52,53)(H,54,55)(H,56,57);2*1H/i40+1,41+1,42+1,43+1;;. The van der Waals surface area contributed by atoms with Crippen molar-refractivity contribution in [3.63, 3.8) is 0 Å². The Kier molecular flexibility index (Phi) is 15.7. The number of hydrogen-bond donors (Lipinski definition) is 9. The number of nitrogens with one attached hydrogen (secondary N) is 2. The molecule has 18 nitrogen and oxygen atoms in total. The Morgan fingerprint density at radius 2 is 0.780 bits per heavy atom. The zero-order chi connectivity index (χ0) is 41.7. The van der Waals surface area contributed by atoms with Crippen molar-refractivity contribution >= 4 is 111 Å². The van der Waals surface area contributed by atoms with Gasteiger partial charge in [0.1, 0.15) is 0 Å². The van der Waals surface area contributed by atoms with Gasteiger partial charge in [-0.1, -0.05) is 0 Å². The van der Waals surface area contributed by atoms with Crippen molar-refractivity contribution in [2.45, 2.75) is 77.6 Å². The highest BCUT2D eigenvalue weighted by Crippen LogP contribution is 2.39. The Bertz CT molecular complexity index is 2480. The van der Waals surface area contributed by atoms with Crippen molar-refractivity contribution in [1.29, 1.82) is 0 Å². The van der Waals surface area contributed by atoms with Gasteiger partial charge in [-0.15, -0.1) is 24.8 Å². The second-order valence-electron chi connectivity index (χ2n) is 13.5. The van der Waals surface area contributed by atoms with Gasteiger partial charge in [0.15, 0.2) is 0 Å². The molecule has 3 aromatic heterocycles. The van der Waals surface area contributed by atoms with E-state index in [9.17, 15) is 69.3 Å². The lowest BCUT2D eigenvalue weighted by Crippen LogP contribution is -2.04. The molecular weight excluding hydrogens is 823 g/mol. The first kappa shape index (κ1) is 46.8. The lowest BCUT2D eigenvalue weighted by Gasteiger charge is -2.06. The SMILES string of the molecule is CC1=C(CCC(=O)O)c2cc3[15n]c(cc4[15nH]c(cc5[15nH]c(cc1[15n]2)c(CC(=O)O)c5CCC(=O)O)c(CCC(=O)O)c4CC(=O)O)C(CCC(=O)O)=C3CC(=O)O.Cl.Cl. The molecule has 0 aromatic carbocycles. The third kappa shape index (κ3) is 11.3. The summed E-state index contributed by atoms with van der Waals surface area (Å²) in [5.74, 6) is -8.48. The summed E-state index contributed by atoms with van der Waals surface area (Å²) in [5.41, 5.74) is 3.68. The van der Waals surface area contributed by atoms with Crippen LogP contribution in [0.15, 0.2) is 24.3 Å². The lowest BCUT2D eigenvalue weighted by atomic mass is 9.96. The highest BCUT2D eigenvalue weighted by atomic mass is 35.5. The maximum absolute atomic E-state index is 12.3. The van der Waals surface area contributed by atoms with E-state index in [4.69, 9.17) is 9.97 Å². The largest absolute Gasteiger partial charge is 0.481 e. The van der Waals surface area contributed by atoms with Crippen molar-refractivity contribution in [1.82, 2.24) is 19.9 Å². The fourth-order valence-corrected chi connectivity index (χ4v) is 7.13. The van der Waals surface area contributed by atoms with Gasteiger partial charge in [-0.05, 0) is 101 Å². The molecule has 0 saturated carbocycles. The summed E-state index contributed by atoms with van der Waals surface area (Å²) < 4.78 is 0. The molecule has 8 bridgehead atoms. The Morgan fingerprint density at radius 3 is 1.22 bits per heavy atom. The molecule has 5 rings (SSSR count). The van der Waals surface area contributed by atoms with Crippen molar-refractivity contribution in [2.24, 2.45) is 0 Å². The molecule has 59 heavy (non-hydrogen) atoms. The number of aromatic amines is 2. The van der Waals surface area contributed by atoms with Crippen molar-refractivity contribution < 1.29 is 69.3 Å². The first-order valence-electron chi connectivity index (χ1n) is 17.6. The van der Waals surface area contributed by atoms with Gasteiger partial charge in [0, 0.05) is 47.8 Å². The smallest absolute Gasteiger partial charge is 0.307 e. The Labute approximate surface area is 346 Å². The molecule has 0 saturated heterocycles. The summed E-state index contributed by atoms with van der Waals surface area (Å²) in [7, 11) is 0. The molecule has 0 spiro atoms. The number of fused-ring (bicyclic) bond motifs is 8. The average Bonchev–Trinajstić information content (AvgIpc) is 3.77. The van der Waals surface area contributed by atoms with Gasteiger partial charge in [-0.3, -0.25) is 33.6 Å². The zero-order valence-corrected chi connectivity index (χ0v) is 32.9. The predicted molar refractivity (Wildman–Crippen MR) is 215 cm³/mol. The molecule has 2 aliphatic rings. The summed E-state index contributed by atoms with van der Waals surface area (Å²) in [6.45, 7) is 1.67. The number of H-pyrrole nitrogens is 2. The molecule has 0 fully saturated rings. The summed E-state index contributed by atoms with van der Waals surface area (Å²) in [5, 5.41) is 68.4. The van der Waals surface area contributed by atoms with E-state index in [1.807, 2.05) is 0 Å². The van der Waals surface area contributed by atoms with Crippen LogP contribution in [-0.2, 0) is 59.2 Å². The zero-order valence-electron chi connectivity index (χ0n) is 31.3. The van der Waals surface area contributed by atoms with Gasteiger partial charge in [0.2, 0.25) is 0 Å². The van der Waals surface area contributed by atoms with E-state index < -0.39 is 80.3 Å². The molecule has 0 amide bonds. The molecule has 0 aliphatic carbocycles. The van der Waals surface area contributed by atoms with E-state index in [0.29, 0.717) is 16.7 Å². The Morgan fingerprint density at radius 1 is 0.424 bits per heavy atom. The quantitative estimate of drug-likeness (QED) is 0.0763. The van der Waals surface area contributed by atoms with Crippen LogP contribution in [0.1, 0.15) is 96.9 Å². The highest BCUT2D eigenvalue weighted by molar-refractivity contribution is 6.01. The Hall–Kier alpha value is -6.53. The van der Waals surface area contributed by atoms with Crippen LogP contribution in [0, 0.1) is 0 Å². The van der Waals surface area contributed by atoms with Crippen molar-refractivity contribution in [3.8, 4) is 0 Å². The van der Waals surface area contributed by atoms with Crippen LogP contribution < -0.4 is 0 Å². The molecular formula is C39H40Cl2N4O14. The first-order chi connectivity index (χ1) is 26.9. The van der Waals surface area contributed by atoms with Gasteiger partial charge in [-0.2, -0.15) is 0 Å². The van der Waals surface area contributed by atoms with Gasteiger partial charge in [0.05, 0.1) is 42.0 Å². The van der Waals surface area contributed by atoms with Gasteiger partial charge >= 0.3 is 41.8 Å². The summed E-state index contributed by atoms with van der Waals surface area (Å²) in [6, 6.07) is 5.90. The number of carboxylic acids is 7. The monoisotopic (exact) mass is 862 g/mol. The van der Waals surface area contributed by atoms with Crippen LogP contribution in [0.4, 0.5) is 0 Å². The van der Waals surface area contributed by atoms with Gasteiger partial charge in [-0.25, -0.2) is 9.97 Å². The second-order valence-corrected chi connectivity index (χ2v) is 13.5. The number of halogens is 2. The fourth-order valence-electron chi connectivity index (χ4n) is 7.13. The number of allylic oxidation sites excluding steroid dienone is 3. The molecule has 3 aromatic rings. The topological polar surface area (TPSA) is 318 Å². The normalized spacial score (nSPS) is 12.1. The van der Waals surface area contributed by atoms with Crippen molar-refractivity contribution in [2.75, 3.05) is 0 Å². The number of aliphatic carboxylic acids is 7. The Balaban J connectivity index is 0.00000465. The summed E-state index contributed by atoms with van der Waals surface area (Å²) >= 11 is 0. The van der Waals surface area contributed by atoms with Crippen LogP contribution >= 0.6 is 24.8 Å². The summed E-state index contributed by atoms with van der Waals surface area (Å²) in [6.07, 6.45) is -3.91. The first-order valence-corrected chi connectivity index (χ1v) is 17.6. The number of carboxylic acid groups (broad SMARTS) is 7. The van der Waals surface area contributed by atoms with E-state index in [1.165, 1.54) is 24.3 Å². The third-order valence-electron chi connectivity index (χ3n) is 9.64. The van der Waals surface area contributed by atoms with E-state index in [-0.39, 0.29) is 130 Å². The maximum atomic E-state index is 12.3. The predicted octanol–water partition coefficient (Wildman–Crippen LogP) is 5.49. The van der Waals surface area contributed by atoms with E-state index >= 15 is 0 Å². The van der Waals surface area contributed by atoms with E-state index in [1.54, 1.807) is 6.92 Å². The average molecular weight is 864 g/mol. The van der Waals surface area contributed by atoms with Crippen molar-refractivity contribution in [3.05, 3.63) is 69.3 Å². The highest BCUT2D eigenvalue weighted by Gasteiger charge is 2.27. The lowest BCUT2D eigenvalue weighted by molar-refractivity contribution is -0.138. The van der Waals surface area contributed by atoms with Crippen LogP contribution in [0.2, 0.25) is 0 Å². The van der Waals surface area contributed by atoms with Gasteiger partial charge < -0.3 is 45.7 Å². The molecule has 9 N–H and O–H groups in total. The fraction of sp³-hybridized carbons (Fsp3) is 0.308. The third-order valence-corrected chi connectivity index (χ3v) is 9.64. The molecule has 0 unspecified atom stereocenters. The number of aromatic nitrogens is 4. The molecule has 0 radical (unpaired) electrons. The number of hydrogen-bond acceptors (Lipinski definition) is 9. The van der Waals surface area contributed by atoms with Crippen LogP contribution in [0.5, 0.6) is 0 Å². The summed E-state index contributed by atoms with van der Waals surface area (Å²) in [4.78, 5) is 99.6. The minimum Gasteiger partial charge on any atom is -0.481 e. The molecule has 20 heteroatoms. The number of carbonyl (C=O) groups is 7. The number of nitrogens with zero attached hydrogens (tertiary/aromatic N) is 2. The van der Waals surface area contributed by atoms with Crippen LogP contribution in [0.3, 0.4) is 0 Å². The van der Waals surface area contributed by atoms with Crippen LogP contribution in [0.25, 0.3) is 44.4 Å². The molecule has 314 valence electrons. The second kappa shape index (κ2) is 19.8. The molecule has 2 aliphatic heterocycles.